The van der Waals surface area contributed by atoms with Crippen molar-refractivity contribution in [2.75, 3.05) is 11.9 Å². The van der Waals surface area contributed by atoms with Crippen LogP contribution in [0, 0.1) is 5.82 Å². The largest absolute Gasteiger partial charge is 0.360 e. The number of nitrogens with one attached hydrogen (secondary N) is 3. The summed E-state index contributed by atoms with van der Waals surface area (Å²) in [5.41, 5.74) is 1.66. The number of amides is 2. The Labute approximate surface area is 141 Å². The molecule has 122 valence electrons. The molecule has 0 spiro atoms. The summed E-state index contributed by atoms with van der Waals surface area (Å²) >= 11 is 5.65. The quantitative estimate of drug-likeness (QED) is 0.678. The zero-order chi connectivity index (χ0) is 17.1. The summed E-state index contributed by atoms with van der Waals surface area (Å²) in [6.45, 7) is -0.215. The molecule has 0 saturated carbocycles. The summed E-state index contributed by atoms with van der Waals surface area (Å²) in [5.74, 6) is -1.37. The lowest BCUT2D eigenvalue weighted by Gasteiger charge is -2.07. The van der Waals surface area contributed by atoms with Gasteiger partial charge in [-0.3, -0.25) is 9.59 Å². The Kier molecular flexibility index (Phi) is 4.48. The fourth-order valence-corrected chi connectivity index (χ4v) is 2.47. The minimum atomic E-state index is -0.567. The first kappa shape index (κ1) is 16.0. The second kappa shape index (κ2) is 6.72. The van der Waals surface area contributed by atoms with E-state index in [-0.39, 0.29) is 17.5 Å². The molecule has 0 bridgehead atoms. The lowest BCUT2D eigenvalue weighted by molar-refractivity contribution is -0.115. The predicted octanol–water partition coefficient (Wildman–Crippen LogP) is 3.33. The Morgan fingerprint density at radius 2 is 1.96 bits per heavy atom. The monoisotopic (exact) mass is 345 g/mol. The maximum atomic E-state index is 13.1. The van der Waals surface area contributed by atoms with E-state index in [9.17, 15) is 14.0 Å². The van der Waals surface area contributed by atoms with E-state index >= 15 is 0 Å². The molecule has 24 heavy (non-hydrogen) atoms. The van der Waals surface area contributed by atoms with Gasteiger partial charge in [-0.1, -0.05) is 29.8 Å². The van der Waals surface area contributed by atoms with Gasteiger partial charge in [-0.15, -0.1) is 0 Å². The average molecular weight is 346 g/mol. The van der Waals surface area contributed by atoms with Crippen LogP contribution in [0.5, 0.6) is 0 Å². The molecule has 0 aliphatic carbocycles. The van der Waals surface area contributed by atoms with Crippen LogP contribution >= 0.6 is 11.6 Å². The molecule has 2 amide bonds. The zero-order valence-electron chi connectivity index (χ0n) is 12.4. The van der Waals surface area contributed by atoms with E-state index in [0.717, 1.165) is 17.0 Å². The highest BCUT2D eigenvalue weighted by molar-refractivity contribution is 6.31. The van der Waals surface area contributed by atoms with Gasteiger partial charge in [-0.2, -0.15) is 0 Å². The SMILES string of the molecule is O=C(CNC(=O)c1c[nH]c2ccccc12)Nc1ccc(F)c(Cl)c1. The van der Waals surface area contributed by atoms with Gasteiger partial charge >= 0.3 is 0 Å². The second-order valence-electron chi connectivity index (χ2n) is 5.11. The highest BCUT2D eigenvalue weighted by atomic mass is 35.5. The number of hydrogen-bond acceptors (Lipinski definition) is 2. The van der Waals surface area contributed by atoms with Crippen molar-refractivity contribution in [3.05, 3.63) is 65.1 Å². The molecule has 3 N–H and O–H groups in total. The maximum Gasteiger partial charge on any atom is 0.253 e. The Morgan fingerprint density at radius 1 is 1.17 bits per heavy atom. The number of rotatable bonds is 4. The van der Waals surface area contributed by atoms with Crippen LogP contribution in [0.1, 0.15) is 10.4 Å². The topological polar surface area (TPSA) is 74.0 Å². The van der Waals surface area contributed by atoms with Crippen molar-refractivity contribution in [3.8, 4) is 0 Å². The average Bonchev–Trinajstić information content (AvgIpc) is 3.00. The Balaban J connectivity index is 1.61. The van der Waals surface area contributed by atoms with Crippen molar-refractivity contribution >= 4 is 40.0 Å². The summed E-state index contributed by atoms with van der Waals surface area (Å²) in [6.07, 6.45) is 1.59. The molecular weight excluding hydrogens is 333 g/mol. The van der Waals surface area contributed by atoms with Crippen LogP contribution in [0.3, 0.4) is 0 Å². The number of para-hydroxylation sites is 1. The molecule has 1 aromatic heterocycles. The molecule has 1 heterocycles. The van der Waals surface area contributed by atoms with Crippen molar-refractivity contribution in [3.63, 3.8) is 0 Å². The van der Waals surface area contributed by atoms with Crippen molar-refractivity contribution in [2.45, 2.75) is 0 Å². The van der Waals surface area contributed by atoms with Gasteiger partial charge in [0.1, 0.15) is 5.82 Å². The van der Waals surface area contributed by atoms with Crippen LogP contribution in [0.25, 0.3) is 10.9 Å². The van der Waals surface area contributed by atoms with E-state index in [1.54, 1.807) is 6.20 Å². The van der Waals surface area contributed by atoms with Crippen LogP contribution < -0.4 is 10.6 Å². The molecule has 0 fully saturated rings. The molecule has 7 heteroatoms. The molecule has 3 aromatic rings. The fraction of sp³-hybridized carbons (Fsp3) is 0.0588. The fourth-order valence-electron chi connectivity index (χ4n) is 2.29. The minimum Gasteiger partial charge on any atom is -0.360 e. The number of hydrogen-bond donors (Lipinski definition) is 3. The number of anilines is 1. The Morgan fingerprint density at radius 3 is 2.75 bits per heavy atom. The van der Waals surface area contributed by atoms with Gasteiger partial charge in [0.25, 0.3) is 5.91 Å². The molecule has 5 nitrogen and oxygen atoms in total. The second-order valence-corrected chi connectivity index (χ2v) is 5.51. The van der Waals surface area contributed by atoms with E-state index in [1.165, 1.54) is 12.1 Å². The van der Waals surface area contributed by atoms with Crippen molar-refractivity contribution < 1.29 is 14.0 Å². The van der Waals surface area contributed by atoms with Crippen LogP contribution in [0.4, 0.5) is 10.1 Å². The van der Waals surface area contributed by atoms with Gasteiger partial charge in [-0.05, 0) is 24.3 Å². The molecule has 0 aliphatic heterocycles. The summed E-state index contributed by atoms with van der Waals surface area (Å²) in [6, 6.07) is 11.2. The van der Waals surface area contributed by atoms with Gasteiger partial charge < -0.3 is 15.6 Å². The Bertz CT molecular complexity index is 923. The predicted molar refractivity (Wildman–Crippen MR) is 90.7 cm³/mol. The lowest BCUT2D eigenvalue weighted by Crippen LogP contribution is -2.32. The van der Waals surface area contributed by atoms with E-state index in [2.05, 4.69) is 15.6 Å². The van der Waals surface area contributed by atoms with Crippen LogP contribution in [0.2, 0.25) is 5.02 Å². The lowest BCUT2D eigenvalue weighted by atomic mass is 10.1. The number of benzene rings is 2. The highest BCUT2D eigenvalue weighted by Gasteiger charge is 2.13. The highest BCUT2D eigenvalue weighted by Crippen LogP contribution is 2.19. The first-order valence-electron chi connectivity index (χ1n) is 7.14. The van der Waals surface area contributed by atoms with Crippen LogP contribution in [-0.4, -0.2) is 23.3 Å². The minimum absolute atomic E-state index is 0.0874. The summed E-state index contributed by atoms with van der Waals surface area (Å²) in [5, 5.41) is 5.77. The number of carbonyl (C=O) groups is 2. The summed E-state index contributed by atoms with van der Waals surface area (Å²) in [7, 11) is 0. The number of aromatic nitrogens is 1. The van der Waals surface area contributed by atoms with Crippen LogP contribution in [-0.2, 0) is 4.79 Å². The molecule has 0 saturated heterocycles. The normalized spacial score (nSPS) is 10.6. The standard InChI is InChI=1S/C17H13ClFN3O2/c18-13-7-10(5-6-14(13)19)22-16(23)9-21-17(24)12-8-20-15-4-2-1-3-11(12)15/h1-8,20H,9H2,(H,21,24)(H,22,23). The van der Waals surface area contributed by atoms with Gasteiger partial charge in [0.15, 0.2) is 0 Å². The van der Waals surface area contributed by atoms with Crippen LogP contribution in [0.15, 0.2) is 48.7 Å². The first-order chi connectivity index (χ1) is 11.5. The Hall–Kier alpha value is -2.86. The van der Waals surface area contributed by atoms with E-state index in [1.807, 2.05) is 24.3 Å². The molecule has 0 unspecified atom stereocenters. The third-order valence-electron chi connectivity index (χ3n) is 3.45. The zero-order valence-corrected chi connectivity index (χ0v) is 13.2. The molecule has 0 atom stereocenters. The van der Waals surface area contributed by atoms with Gasteiger partial charge in [0, 0.05) is 22.8 Å². The third-order valence-corrected chi connectivity index (χ3v) is 3.74. The smallest absolute Gasteiger partial charge is 0.253 e. The van der Waals surface area contributed by atoms with Crippen molar-refractivity contribution in [1.29, 1.82) is 0 Å². The third kappa shape index (κ3) is 3.38. The maximum absolute atomic E-state index is 13.1. The van der Waals surface area contributed by atoms with Crippen molar-refractivity contribution in [1.82, 2.24) is 10.3 Å². The summed E-state index contributed by atoms with van der Waals surface area (Å²) in [4.78, 5) is 27.1. The van der Waals surface area contributed by atoms with Gasteiger partial charge in [-0.25, -0.2) is 4.39 Å². The molecular formula is C17H13ClFN3O2. The van der Waals surface area contributed by atoms with Crippen molar-refractivity contribution in [2.24, 2.45) is 0 Å². The first-order valence-corrected chi connectivity index (χ1v) is 7.51. The van der Waals surface area contributed by atoms with E-state index in [4.69, 9.17) is 11.6 Å². The summed E-state index contributed by atoms with van der Waals surface area (Å²) < 4.78 is 13.1. The van der Waals surface area contributed by atoms with Gasteiger partial charge in [0.05, 0.1) is 17.1 Å². The number of H-pyrrole nitrogens is 1. The molecule has 3 rings (SSSR count). The molecule has 0 radical (unpaired) electrons. The number of halogens is 2. The van der Waals surface area contributed by atoms with E-state index < -0.39 is 11.7 Å². The number of fused-ring (bicyclic) bond motifs is 1. The number of carbonyl (C=O) groups excluding carboxylic acids is 2. The number of aromatic amines is 1. The van der Waals surface area contributed by atoms with E-state index in [0.29, 0.717) is 11.3 Å². The van der Waals surface area contributed by atoms with Gasteiger partial charge in [0.2, 0.25) is 5.91 Å². The molecule has 0 aliphatic rings. The molecule has 2 aromatic carbocycles.